The van der Waals surface area contributed by atoms with Gasteiger partial charge in [0.1, 0.15) is 0 Å². The molecule has 2 aromatic carbocycles. The Morgan fingerprint density at radius 1 is 1.16 bits per heavy atom. The molecule has 196 valence electrons. The lowest BCUT2D eigenvalue weighted by atomic mass is 9.85. The molecule has 37 heavy (non-hydrogen) atoms. The molecule has 2 saturated heterocycles. The maximum absolute atomic E-state index is 13.2. The van der Waals surface area contributed by atoms with Gasteiger partial charge in [0.25, 0.3) is 5.91 Å². The summed E-state index contributed by atoms with van der Waals surface area (Å²) in [6, 6.07) is 17.1. The van der Waals surface area contributed by atoms with Crippen molar-refractivity contribution in [3.8, 4) is 12.3 Å². The summed E-state index contributed by atoms with van der Waals surface area (Å²) in [5, 5.41) is 1.25. The van der Waals surface area contributed by atoms with Gasteiger partial charge in [-0.3, -0.25) is 4.79 Å². The molecule has 3 aliphatic rings. The minimum absolute atomic E-state index is 0. The maximum atomic E-state index is 13.2. The van der Waals surface area contributed by atoms with Crippen molar-refractivity contribution in [1.82, 2.24) is 9.88 Å². The van der Waals surface area contributed by atoms with Crippen LogP contribution in [-0.4, -0.2) is 48.1 Å². The van der Waals surface area contributed by atoms with Crippen LogP contribution in [0.4, 0.5) is 5.69 Å². The van der Waals surface area contributed by atoms with Crippen molar-refractivity contribution >= 4 is 49.5 Å². The zero-order valence-corrected chi connectivity index (χ0v) is 23.4. The van der Waals surface area contributed by atoms with Gasteiger partial charge in [0.15, 0.2) is 0 Å². The minimum atomic E-state index is -0.226. The predicted octanol–water partition coefficient (Wildman–Crippen LogP) is 5.29. The van der Waals surface area contributed by atoms with E-state index in [9.17, 15) is 4.79 Å². The van der Waals surface area contributed by atoms with Crippen LogP contribution in [0.5, 0.6) is 0 Å². The van der Waals surface area contributed by atoms with Gasteiger partial charge in [-0.05, 0) is 54.5 Å². The number of carbonyl (C=O) groups is 1. The molecular formula is C30H37N3O2S2. The number of aromatic nitrogens is 1. The van der Waals surface area contributed by atoms with Gasteiger partial charge in [-0.1, -0.05) is 50.1 Å². The van der Waals surface area contributed by atoms with E-state index in [0.717, 1.165) is 68.8 Å². The third kappa shape index (κ3) is 4.76. The fraction of sp³-hybridized carbons (Fsp3) is 0.433. The zero-order chi connectivity index (χ0) is 24.0. The third-order valence-electron chi connectivity index (χ3n) is 8.31. The van der Waals surface area contributed by atoms with Gasteiger partial charge in [0.05, 0.1) is 19.3 Å². The fourth-order valence-corrected chi connectivity index (χ4v) is 6.37. The largest absolute Gasteiger partial charge is 0.380 e. The number of nitrogens with one attached hydrogen (secondary N) is 1. The van der Waals surface area contributed by atoms with E-state index in [1.54, 1.807) is 0 Å². The highest BCUT2D eigenvalue weighted by molar-refractivity contribution is 7.59. The molecule has 1 spiro atoms. The Morgan fingerprint density at radius 2 is 1.92 bits per heavy atom. The molecule has 7 heteroatoms. The Morgan fingerprint density at radius 3 is 2.57 bits per heavy atom. The molecule has 1 amide bonds. The van der Waals surface area contributed by atoms with Gasteiger partial charge in [-0.15, -0.1) is 6.42 Å². The molecular weight excluding hydrogens is 498 g/mol. The van der Waals surface area contributed by atoms with E-state index >= 15 is 0 Å². The summed E-state index contributed by atoms with van der Waals surface area (Å²) in [5.41, 5.74) is 6.23. The van der Waals surface area contributed by atoms with Crippen LogP contribution >= 0.6 is 27.0 Å². The lowest BCUT2D eigenvalue weighted by Crippen LogP contribution is -2.47. The molecule has 0 saturated carbocycles. The van der Waals surface area contributed by atoms with Crippen LogP contribution in [0.2, 0.25) is 0 Å². The van der Waals surface area contributed by atoms with Crippen LogP contribution in [-0.2, 0) is 16.0 Å². The summed E-state index contributed by atoms with van der Waals surface area (Å²) in [6.07, 6.45) is 10.9. The Balaban J connectivity index is 0.00000160. The molecule has 4 heterocycles. The number of aromatic amines is 1. The molecule has 5 nitrogen and oxygen atoms in total. The summed E-state index contributed by atoms with van der Waals surface area (Å²) in [4.78, 5) is 21.3. The molecule has 0 radical (unpaired) electrons. The summed E-state index contributed by atoms with van der Waals surface area (Å²) in [6.45, 7) is 6.09. The lowest BCUT2D eigenvalue weighted by Gasteiger charge is -2.41. The number of hydrogen-bond acceptors (Lipinski definition) is 3. The molecule has 2 fully saturated rings. The Labute approximate surface area is 233 Å². The number of nitrogens with zero attached hydrogens (tertiary/aromatic N) is 2. The first kappa shape index (κ1) is 27.5. The van der Waals surface area contributed by atoms with Crippen molar-refractivity contribution in [2.45, 2.75) is 51.1 Å². The molecule has 3 aromatic rings. The van der Waals surface area contributed by atoms with E-state index in [-0.39, 0.29) is 45.0 Å². The van der Waals surface area contributed by atoms with Crippen LogP contribution in [0.1, 0.15) is 55.5 Å². The molecule has 0 bridgehead atoms. The number of hydrogen-bond donors (Lipinski definition) is 1. The molecule has 6 rings (SSSR count). The van der Waals surface area contributed by atoms with Crippen LogP contribution in [0.3, 0.4) is 0 Å². The number of amides is 1. The predicted molar refractivity (Wildman–Crippen MR) is 160 cm³/mol. The number of H-pyrrole nitrogens is 1. The zero-order valence-electron chi connectivity index (χ0n) is 21.4. The number of unbranched alkanes of at least 4 members (excludes halogenated alkanes) is 1. The number of fused-ring (bicyclic) bond motifs is 3. The summed E-state index contributed by atoms with van der Waals surface area (Å²) in [5.74, 6) is 2.21. The van der Waals surface area contributed by atoms with E-state index < -0.39 is 0 Å². The van der Waals surface area contributed by atoms with Crippen LogP contribution in [0.25, 0.3) is 10.9 Å². The van der Waals surface area contributed by atoms with Gasteiger partial charge in [0, 0.05) is 46.8 Å². The van der Waals surface area contributed by atoms with Crippen molar-refractivity contribution in [3.05, 3.63) is 65.4 Å². The number of benzene rings is 2. The average molecular weight is 536 g/mol. The monoisotopic (exact) mass is 535 g/mol. The minimum Gasteiger partial charge on any atom is -0.380 e. The van der Waals surface area contributed by atoms with E-state index in [0.29, 0.717) is 5.41 Å². The number of ether oxygens (including phenoxy) is 1. The highest BCUT2D eigenvalue weighted by Crippen LogP contribution is 2.43. The standard InChI is InChI=1S/C30H33N3O2.2H2S/c1-3-5-8-23-17-25-24-9-6-7-10-26(24)31-28(25)29(33(23)27(34)4-2)21-11-13-22(14-12-21)32-16-15-30(18-32)19-35-20-30;;/h2,6-7,9-14,23,29,31H,3,5,8,15-20H2,1H3;2*1H2/t23-,29-;;/m0../s1. The lowest BCUT2D eigenvalue weighted by molar-refractivity contribution is -0.130. The molecule has 1 aromatic heterocycles. The Bertz CT molecular complexity index is 1290. The number of anilines is 1. The maximum Gasteiger partial charge on any atom is 0.299 e. The smallest absolute Gasteiger partial charge is 0.299 e. The summed E-state index contributed by atoms with van der Waals surface area (Å²) < 4.78 is 5.50. The first-order valence-electron chi connectivity index (χ1n) is 12.9. The van der Waals surface area contributed by atoms with Gasteiger partial charge < -0.3 is 19.5 Å². The molecule has 3 aliphatic heterocycles. The van der Waals surface area contributed by atoms with E-state index in [2.05, 4.69) is 71.3 Å². The van der Waals surface area contributed by atoms with E-state index in [4.69, 9.17) is 11.2 Å². The number of carbonyl (C=O) groups excluding carboxylic acids is 1. The average Bonchev–Trinajstić information content (AvgIpc) is 3.49. The molecule has 0 aliphatic carbocycles. The number of terminal acetylenes is 1. The van der Waals surface area contributed by atoms with Crippen molar-refractivity contribution in [3.63, 3.8) is 0 Å². The topological polar surface area (TPSA) is 48.6 Å². The molecule has 0 unspecified atom stereocenters. The number of rotatable bonds is 5. The van der Waals surface area contributed by atoms with Crippen molar-refractivity contribution in [1.29, 1.82) is 0 Å². The van der Waals surface area contributed by atoms with Gasteiger partial charge in [0.2, 0.25) is 0 Å². The van der Waals surface area contributed by atoms with E-state index in [1.165, 1.54) is 23.1 Å². The van der Waals surface area contributed by atoms with Gasteiger partial charge in [-0.25, -0.2) is 0 Å². The molecule has 1 N–H and O–H groups in total. The van der Waals surface area contributed by atoms with Gasteiger partial charge in [-0.2, -0.15) is 27.0 Å². The Hall–Kier alpha value is -2.53. The second kappa shape index (κ2) is 11.1. The Kier molecular flexibility index (Phi) is 8.23. The quantitative estimate of drug-likeness (QED) is 0.452. The van der Waals surface area contributed by atoms with Crippen molar-refractivity contribution < 1.29 is 9.53 Å². The van der Waals surface area contributed by atoms with Crippen molar-refractivity contribution in [2.75, 3.05) is 31.2 Å². The highest BCUT2D eigenvalue weighted by Gasteiger charge is 2.44. The van der Waals surface area contributed by atoms with Crippen LogP contribution in [0, 0.1) is 17.8 Å². The normalized spacial score (nSPS) is 21.5. The van der Waals surface area contributed by atoms with Gasteiger partial charge >= 0.3 is 0 Å². The third-order valence-corrected chi connectivity index (χ3v) is 8.31. The summed E-state index contributed by atoms with van der Waals surface area (Å²) >= 11 is 0. The second-order valence-corrected chi connectivity index (χ2v) is 10.6. The highest BCUT2D eigenvalue weighted by atomic mass is 32.1. The SMILES string of the molecule is C#CC(=O)N1[C@@H](CCCC)Cc2c([nH]c3ccccc23)[C@@H]1c1ccc(N2CCC3(COC3)C2)cc1.S.S. The van der Waals surface area contributed by atoms with Crippen LogP contribution < -0.4 is 4.90 Å². The first-order chi connectivity index (χ1) is 17.1. The first-order valence-corrected chi connectivity index (χ1v) is 12.9. The second-order valence-electron chi connectivity index (χ2n) is 10.6. The van der Waals surface area contributed by atoms with Crippen molar-refractivity contribution in [2.24, 2.45) is 5.41 Å². The fourth-order valence-electron chi connectivity index (χ4n) is 6.37. The van der Waals surface area contributed by atoms with E-state index in [1.807, 2.05) is 4.90 Å². The summed E-state index contributed by atoms with van der Waals surface area (Å²) in [7, 11) is 0. The molecule has 2 atom stereocenters. The van der Waals surface area contributed by atoms with Crippen LogP contribution in [0.15, 0.2) is 48.5 Å². The number of para-hydroxylation sites is 1.